The van der Waals surface area contributed by atoms with E-state index >= 15 is 0 Å². The van der Waals surface area contributed by atoms with E-state index in [4.69, 9.17) is 0 Å². The van der Waals surface area contributed by atoms with Gasteiger partial charge in [0.1, 0.15) is 5.82 Å². The first-order valence-corrected chi connectivity index (χ1v) is 6.81. The molecule has 4 nitrogen and oxygen atoms in total. The molecular weight excluding hydrogens is 264 g/mol. The Balaban J connectivity index is 2.47. The third kappa shape index (κ3) is 2.14. The summed E-state index contributed by atoms with van der Waals surface area (Å²) in [6.07, 6.45) is 1.33. The van der Waals surface area contributed by atoms with Crippen molar-refractivity contribution in [2.24, 2.45) is 0 Å². The van der Waals surface area contributed by atoms with Crippen LogP contribution in [0.5, 0.6) is 0 Å². The molecule has 0 N–H and O–H groups in total. The number of fused-ring (bicyclic) bond motifs is 1. The highest BCUT2D eigenvalue weighted by molar-refractivity contribution is 5.96. The van der Waals surface area contributed by atoms with E-state index in [9.17, 15) is 9.59 Å². The van der Waals surface area contributed by atoms with E-state index in [1.807, 2.05) is 37.3 Å². The van der Waals surface area contributed by atoms with Gasteiger partial charge in [0.2, 0.25) is 0 Å². The van der Waals surface area contributed by atoms with Crippen molar-refractivity contribution in [3.63, 3.8) is 0 Å². The average Bonchev–Trinajstić information content (AvgIpc) is 2.54. The summed E-state index contributed by atoms with van der Waals surface area (Å²) >= 11 is 0. The molecule has 21 heavy (non-hydrogen) atoms. The normalized spacial score (nSPS) is 10.7. The second-order valence-electron chi connectivity index (χ2n) is 4.72. The van der Waals surface area contributed by atoms with E-state index in [-0.39, 0.29) is 5.56 Å². The van der Waals surface area contributed by atoms with E-state index in [2.05, 4.69) is 4.98 Å². The zero-order chi connectivity index (χ0) is 14.8. The Morgan fingerprint density at radius 1 is 1.10 bits per heavy atom. The Labute approximate surface area is 121 Å². The number of aromatic nitrogens is 2. The number of para-hydroxylation sites is 1. The highest BCUT2D eigenvalue weighted by Gasteiger charge is 2.13. The SMILES string of the molecule is CCc1nc2cccc(C=O)c2c(=O)n1-c1ccccc1. The van der Waals surface area contributed by atoms with E-state index in [0.717, 1.165) is 5.69 Å². The van der Waals surface area contributed by atoms with Crippen molar-refractivity contribution in [3.8, 4) is 5.69 Å². The lowest BCUT2D eigenvalue weighted by Gasteiger charge is -2.13. The number of aldehydes is 1. The first-order valence-electron chi connectivity index (χ1n) is 6.81. The molecule has 0 aliphatic heterocycles. The van der Waals surface area contributed by atoms with Crippen molar-refractivity contribution in [1.82, 2.24) is 9.55 Å². The van der Waals surface area contributed by atoms with Crippen LogP contribution < -0.4 is 5.56 Å². The minimum Gasteiger partial charge on any atom is -0.298 e. The van der Waals surface area contributed by atoms with Gasteiger partial charge in [-0.1, -0.05) is 37.3 Å². The molecule has 0 aliphatic carbocycles. The lowest BCUT2D eigenvalue weighted by molar-refractivity contribution is 0.112. The van der Waals surface area contributed by atoms with E-state index < -0.39 is 0 Å². The highest BCUT2D eigenvalue weighted by Crippen LogP contribution is 2.15. The molecule has 1 heterocycles. The monoisotopic (exact) mass is 278 g/mol. The minimum atomic E-state index is -0.203. The zero-order valence-electron chi connectivity index (χ0n) is 11.6. The first kappa shape index (κ1) is 13.2. The van der Waals surface area contributed by atoms with Gasteiger partial charge in [0, 0.05) is 12.0 Å². The van der Waals surface area contributed by atoms with Crippen molar-refractivity contribution in [1.29, 1.82) is 0 Å². The number of carbonyl (C=O) groups is 1. The fourth-order valence-corrected chi connectivity index (χ4v) is 2.48. The predicted octanol–water partition coefficient (Wildman–Crippen LogP) is 2.76. The molecule has 0 unspecified atom stereocenters. The summed E-state index contributed by atoms with van der Waals surface area (Å²) in [4.78, 5) is 28.6. The van der Waals surface area contributed by atoms with Crippen LogP contribution in [0.15, 0.2) is 53.3 Å². The Hall–Kier alpha value is -2.75. The number of aryl methyl sites for hydroxylation is 1. The number of benzene rings is 2. The van der Waals surface area contributed by atoms with E-state index in [0.29, 0.717) is 35.0 Å². The number of carbonyl (C=O) groups excluding carboxylic acids is 1. The Morgan fingerprint density at radius 2 is 1.86 bits per heavy atom. The summed E-state index contributed by atoms with van der Waals surface area (Å²) in [6, 6.07) is 14.5. The maximum Gasteiger partial charge on any atom is 0.266 e. The molecule has 0 fully saturated rings. The van der Waals surface area contributed by atoms with Crippen molar-refractivity contribution in [2.75, 3.05) is 0 Å². The molecule has 0 saturated heterocycles. The molecule has 0 atom stereocenters. The molecule has 0 saturated carbocycles. The fourth-order valence-electron chi connectivity index (χ4n) is 2.48. The van der Waals surface area contributed by atoms with Gasteiger partial charge in [0.05, 0.1) is 16.6 Å². The maximum atomic E-state index is 12.9. The van der Waals surface area contributed by atoms with Gasteiger partial charge in [-0.05, 0) is 18.2 Å². The van der Waals surface area contributed by atoms with Crippen molar-refractivity contribution >= 4 is 17.2 Å². The molecule has 0 radical (unpaired) electrons. The average molecular weight is 278 g/mol. The second kappa shape index (κ2) is 5.32. The Morgan fingerprint density at radius 3 is 2.52 bits per heavy atom. The third-order valence-corrected chi connectivity index (χ3v) is 3.46. The molecule has 0 aliphatic rings. The molecule has 2 aromatic carbocycles. The summed E-state index contributed by atoms with van der Waals surface area (Å²) in [5.74, 6) is 0.682. The lowest BCUT2D eigenvalue weighted by atomic mass is 10.1. The Bertz CT molecular complexity index is 867. The summed E-state index contributed by atoms with van der Waals surface area (Å²) in [5.41, 5.74) is 1.49. The molecule has 4 heteroatoms. The molecule has 3 rings (SSSR count). The largest absolute Gasteiger partial charge is 0.298 e. The Kier molecular flexibility index (Phi) is 3.36. The number of hydrogen-bond donors (Lipinski definition) is 0. The summed E-state index contributed by atoms with van der Waals surface area (Å²) in [5, 5.41) is 0.369. The fraction of sp³-hybridized carbons (Fsp3) is 0.118. The van der Waals surface area contributed by atoms with Gasteiger partial charge in [-0.25, -0.2) is 4.98 Å². The molecule has 104 valence electrons. The van der Waals surface area contributed by atoms with E-state index in [1.54, 1.807) is 22.8 Å². The molecule has 3 aromatic rings. The molecule has 0 amide bonds. The van der Waals surface area contributed by atoms with Gasteiger partial charge in [-0.3, -0.25) is 14.2 Å². The zero-order valence-corrected chi connectivity index (χ0v) is 11.6. The first-order chi connectivity index (χ1) is 10.3. The van der Waals surface area contributed by atoms with Crippen molar-refractivity contribution in [3.05, 3.63) is 70.3 Å². The predicted molar refractivity (Wildman–Crippen MR) is 82.1 cm³/mol. The number of nitrogens with zero attached hydrogens (tertiary/aromatic N) is 2. The van der Waals surface area contributed by atoms with Crippen molar-refractivity contribution in [2.45, 2.75) is 13.3 Å². The van der Waals surface area contributed by atoms with Crippen LogP contribution in [-0.4, -0.2) is 15.8 Å². The van der Waals surface area contributed by atoms with Gasteiger partial charge in [-0.2, -0.15) is 0 Å². The summed E-state index contributed by atoms with van der Waals surface area (Å²) in [6.45, 7) is 1.95. The summed E-state index contributed by atoms with van der Waals surface area (Å²) in [7, 11) is 0. The molecule has 0 bridgehead atoms. The number of rotatable bonds is 3. The smallest absolute Gasteiger partial charge is 0.266 e. The van der Waals surface area contributed by atoms with E-state index in [1.165, 1.54) is 0 Å². The molecule has 0 spiro atoms. The van der Waals surface area contributed by atoms with Crippen LogP contribution in [0.2, 0.25) is 0 Å². The maximum absolute atomic E-state index is 12.9. The van der Waals surface area contributed by atoms with Crippen LogP contribution >= 0.6 is 0 Å². The lowest BCUT2D eigenvalue weighted by Crippen LogP contribution is -2.24. The molecular formula is C17H14N2O2. The van der Waals surface area contributed by atoms with Crippen LogP contribution in [0, 0.1) is 0 Å². The van der Waals surface area contributed by atoms with Gasteiger partial charge >= 0.3 is 0 Å². The second-order valence-corrected chi connectivity index (χ2v) is 4.72. The highest BCUT2D eigenvalue weighted by atomic mass is 16.1. The van der Waals surface area contributed by atoms with Crippen LogP contribution in [0.1, 0.15) is 23.1 Å². The van der Waals surface area contributed by atoms with Gasteiger partial charge < -0.3 is 0 Å². The van der Waals surface area contributed by atoms with Gasteiger partial charge in [0.25, 0.3) is 5.56 Å². The third-order valence-electron chi connectivity index (χ3n) is 3.46. The number of hydrogen-bond acceptors (Lipinski definition) is 3. The van der Waals surface area contributed by atoms with Crippen molar-refractivity contribution < 1.29 is 4.79 Å². The summed E-state index contributed by atoms with van der Waals surface area (Å²) < 4.78 is 1.58. The van der Waals surface area contributed by atoms with Crippen LogP contribution in [0.3, 0.4) is 0 Å². The quantitative estimate of drug-likeness (QED) is 0.692. The molecule has 1 aromatic heterocycles. The van der Waals surface area contributed by atoms with Crippen LogP contribution in [0.4, 0.5) is 0 Å². The van der Waals surface area contributed by atoms with Crippen LogP contribution in [-0.2, 0) is 6.42 Å². The van der Waals surface area contributed by atoms with Crippen LogP contribution in [0.25, 0.3) is 16.6 Å². The van der Waals surface area contributed by atoms with Gasteiger partial charge in [-0.15, -0.1) is 0 Å². The van der Waals surface area contributed by atoms with Gasteiger partial charge in [0.15, 0.2) is 6.29 Å². The standard InChI is InChI=1S/C17H14N2O2/c1-2-15-18-14-10-6-7-12(11-20)16(14)17(21)19(15)13-8-4-3-5-9-13/h3-11H,2H2,1H3. The minimum absolute atomic E-state index is 0.203. The topological polar surface area (TPSA) is 52.0 Å².